The molecule has 0 saturated heterocycles. The first kappa shape index (κ1) is 20.2. The summed E-state index contributed by atoms with van der Waals surface area (Å²) >= 11 is 1.31. The van der Waals surface area contributed by atoms with Crippen LogP contribution in [0.4, 0.5) is 18.9 Å². The Balaban J connectivity index is 1.77. The molecule has 0 fully saturated rings. The standard InChI is InChI=1S/C21H19F3N2OS/c1-3-18(20(27)25-15-8-6-7-14(12-15)21(22,23)24)28-19-11-13(2)16-9-4-5-10-17(16)26-19/h4-12,18H,3H2,1-2H3,(H,25,27). The van der Waals surface area contributed by atoms with Crippen molar-refractivity contribution < 1.29 is 18.0 Å². The smallest absolute Gasteiger partial charge is 0.325 e. The Labute approximate surface area is 165 Å². The number of alkyl halides is 3. The highest BCUT2D eigenvalue weighted by molar-refractivity contribution is 8.00. The lowest BCUT2D eigenvalue weighted by Gasteiger charge is -2.16. The van der Waals surface area contributed by atoms with Gasteiger partial charge in [-0.2, -0.15) is 13.2 Å². The highest BCUT2D eigenvalue weighted by atomic mass is 32.2. The van der Waals surface area contributed by atoms with Gasteiger partial charge in [-0.15, -0.1) is 0 Å². The van der Waals surface area contributed by atoms with Crippen molar-refractivity contribution in [3.05, 3.63) is 65.7 Å². The maximum Gasteiger partial charge on any atom is 0.416 e. The summed E-state index contributed by atoms with van der Waals surface area (Å²) < 4.78 is 38.6. The van der Waals surface area contributed by atoms with Gasteiger partial charge in [0.25, 0.3) is 0 Å². The molecule has 0 spiro atoms. The predicted octanol–water partition coefficient (Wildman–Crippen LogP) is 6.07. The van der Waals surface area contributed by atoms with Crippen molar-refractivity contribution in [2.45, 2.75) is 36.7 Å². The van der Waals surface area contributed by atoms with Crippen molar-refractivity contribution in [2.75, 3.05) is 5.32 Å². The zero-order chi connectivity index (χ0) is 20.3. The Bertz CT molecular complexity index is 1000. The van der Waals surface area contributed by atoms with Crippen molar-refractivity contribution in [1.29, 1.82) is 0 Å². The first-order valence-electron chi connectivity index (χ1n) is 8.79. The molecule has 0 radical (unpaired) electrons. The van der Waals surface area contributed by atoms with Crippen LogP contribution in [0.5, 0.6) is 0 Å². The third kappa shape index (κ3) is 4.65. The number of para-hydroxylation sites is 1. The largest absolute Gasteiger partial charge is 0.416 e. The molecular weight excluding hydrogens is 385 g/mol. The number of rotatable bonds is 5. The van der Waals surface area contributed by atoms with E-state index in [-0.39, 0.29) is 11.6 Å². The molecule has 0 saturated carbocycles. The van der Waals surface area contributed by atoms with Crippen molar-refractivity contribution in [1.82, 2.24) is 4.98 Å². The molecule has 3 nitrogen and oxygen atoms in total. The molecule has 1 N–H and O–H groups in total. The highest BCUT2D eigenvalue weighted by Crippen LogP contribution is 2.32. The van der Waals surface area contributed by atoms with E-state index in [2.05, 4.69) is 10.3 Å². The van der Waals surface area contributed by atoms with Crippen LogP contribution in [-0.2, 0) is 11.0 Å². The summed E-state index contributed by atoms with van der Waals surface area (Å²) in [4.78, 5) is 17.2. The molecule has 0 aliphatic rings. The van der Waals surface area contributed by atoms with E-state index in [1.807, 2.05) is 44.2 Å². The van der Waals surface area contributed by atoms with Gasteiger partial charge in [0.2, 0.25) is 5.91 Å². The molecule has 1 unspecified atom stereocenters. The summed E-state index contributed by atoms with van der Waals surface area (Å²) in [6.45, 7) is 3.84. The van der Waals surface area contributed by atoms with Crippen LogP contribution >= 0.6 is 11.8 Å². The lowest BCUT2D eigenvalue weighted by atomic mass is 10.1. The third-order valence-electron chi connectivity index (χ3n) is 4.28. The van der Waals surface area contributed by atoms with Crippen molar-refractivity contribution >= 4 is 34.3 Å². The van der Waals surface area contributed by atoms with E-state index < -0.39 is 17.0 Å². The van der Waals surface area contributed by atoms with Gasteiger partial charge < -0.3 is 5.32 Å². The number of anilines is 1. The number of hydrogen-bond acceptors (Lipinski definition) is 3. The Morgan fingerprint density at radius 2 is 1.89 bits per heavy atom. The van der Waals surface area contributed by atoms with Crippen LogP contribution in [0.25, 0.3) is 10.9 Å². The number of halogens is 3. The number of fused-ring (bicyclic) bond motifs is 1. The predicted molar refractivity (Wildman–Crippen MR) is 106 cm³/mol. The summed E-state index contributed by atoms with van der Waals surface area (Å²) in [5, 5.41) is 3.88. The average molecular weight is 404 g/mol. The van der Waals surface area contributed by atoms with E-state index in [4.69, 9.17) is 0 Å². The molecule has 146 valence electrons. The van der Waals surface area contributed by atoms with E-state index in [0.29, 0.717) is 11.4 Å². The van der Waals surface area contributed by atoms with Gasteiger partial charge in [0.05, 0.1) is 21.4 Å². The molecule has 1 aromatic heterocycles. The first-order chi connectivity index (χ1) is 13.3. The second-order valence-electron chi connectivity index (χ2n) is 6.38. The zero-order valence-electron chi connectivity index (χ0n) is 15.4. The lowest BCUT2D eigenvalue weighted by Crippen LogP contribution is -2.24. The Morgan fingerprint density at radius 3 is 2.61 bits per heavy atom. The molecule has 1 amide bonds. The van der Waals surface area contributed by atoms with E-state index in [9.17, 15) is 18.0 Å². The van der Waals surface area contributed by atoms with Crippen LogP contribution in [0.15, 0.2) is 59.6 Å². The van der Waals surface area contributed by atoms with Gasteiger partial charge in [-0.3, -0.25) is 4.79 Å². The van der Waals surface area contributed by atoms with Gasteiger partial charge in [0.1, 0.15) is 0 Å². The van der Waals surface area contributed by atoms with Gasteiger partial charge in [0, 0.05) is 11.1 Å². The second-order valence-corrected chi connectivity index (χ2v) is 7.60. The van der Waals surface area contributed by atoms with Gasteiger partial charge in [-0.1, -0.05) is 43.0 Å². The molecule has 1 atom stereocenters. The topological polar surface area (TPSA) is 42.0 Å². The van der Waals surface area contributed by atoms with Crippen LogP contribution in [0.3, 0.4) is 0 Å². The zero-order valence-corrected chi connectivity index (χ0v) is 16.2. The van der Waals surface area contributed by atoms with Crippen molar-refractivity contribution in [3.63, 3.8) is 0 Å². The third-order valence-corrected chi connectivity index (χ3v) is 5.57. The summed E-state index contributed by atoms with van der Waals surface area (Å²) in [7, 11) is 0. The molecule has 1 heterocycles. The fourth-order valence-electron chi connectivity index (χ4n) is 2.84. The minimum atomic E-state index is -4.45. The fourth-order valence-corrected chi connectivity index (χ4v) is 3.86. The molecular formula is C21H19F3N2OS. The van der Waals surface area contributed by atoms with Crippen LogP contribution in [0.2, 0.25) is 0 Å². The quantitative estimate of drug-likeness (QED) is 0.525. The van der Waals surface area contributed by atoms with E-state index in [1.165, 1.54) is 23.9 Å². The molecule has 0 aliphatic heterocycles. The number of benzene rings is 2. The van der Waals surface area contributed by atoms with Gasteiger partial charge >= 0.3 is 6.18 Å². The van der Waals surface area contributed by atoms with Crippen LogP contribution < -0.4 is 5.32 Å². The highest BCUT2D eigenvalue weighted by Gasteiger charge is 2.30. The normalized spacial score (nSPS) is 12.8. The Hall–Kier alpha value is -2.54. The molecule has 3 rings (SSSR count). The number of nitrogens with one attached hydrogen (secondary N) is 1. The number of carbonyl (C=O) groups excluding carboxylic acids is 1. The number of aryl methyl sites for hydroxylation is 1. The van der Waals surface area contributed by atoms with Crippen LogP contribution in [0, 0.1) is 6.92 Å². The summed E-state index contributed by atoms with van der Waals surface area (Å²) in [5.41, 5.74) is 1.23. The lowest BCUT2D eigenvalue weighted by molar-refractivity contribution is -0.137. The first-order valence-corrected chi connectivity index (χ1v) is 9.67. The minimum Gasteiger partial charge on any atom is -0.325 e. The van der Waals surface area contributed by atoms with Crippen LogP contribution in [-0.4, -0.2) is 16.1 Å². The number of hydrogen-bond donors (Lipinski definition) is 1. The van der Waals surface area contributed by atoms with E-state index >= 15 is 0 Å². The fraction of sp³-hybridized carbons (Fsp3) is 0.238. The number of carbonyl (C=O) groups is 1. The monoisotopic (exact) mass is 404 g/mol. The van der Waals surface area contributed by atoms with E-state index in [1.54, 1.807) is 0 Å². The van der Waals surface area contributed by atoms with Crippen LogP contribution in [0.1, 0.15) is 24.5 Å². The number of aromatic nitrogens is 1. The summed E-state index contributed by atoms with van der Waals surface area (Å²) in [6, 6.07) is 14.3. The maximum atomic E-state index is 12.9. The van der Waals surface area contributed by atoms with E-state index in [0.717, 1.165) is 28.6 Å². The second kappa shape index (κ2) is 8.22. The van der Waals surface area contributed by atoms with Gasteiger partial charge in [-0.25, -0.2) is 4.98 Å². The minimum absolute atomic E-state index is 0.126. The Kier molecular flexibility index (Phi) is 5.93. The van der Waals surface area contributed by atoms with Gasteiger partial charge in [-0.05, 0) is 49.2 Å². The SMILES string of the molecule is CCC(Sc1cc(C)c2ccccc2n1)C(=O)Nc1cccc(C(F)(F)F)c1. The number of pyridine rings is 1. The van der Waals surface area contributed by atoms with Crippen molar-refractivity contribution in [3.8, 4) is 0 Å². The average Bonchev–Trinajstić information content (AvgIpc) is 2.65. The summed E-state index contributed by atoms with van der Waals surface area (Å²) in [5.74, 6) is -0.348. The summed E-state index contributed by atoms with van der Waals surface area (Å²) in [6.07, 6.45) is -3.94. The maximum absolute atomic E-state index is 12.9. The number of nitrogens with zero attached hydrogens (tertiary/aromatic N) is 1. The molecule has 2 aromatic carbocycles. The number of amides is 1. The Morgan fingerprint density at radius 1 is 1.14 bits per heavy atom. The molecule has 0 aliphatic carbocycles. The molecule has 28 heavy (non-hydrogen) atoms. The number of thioether (sulfide) groups is 1. The molecule has 7 heteroatoms. The molecule has 0 bridgehead atoms. The molecule has 3 aromatic rings. The van der Waals surface area contributed by atoms with Gasteiger partial charge in [0.15, 0.2) is 0 Å². The van der Waals surface area contributed by atoms with Crippen molar-refractivity contribution in [2.24, 2.45) is 0 Å².